The second kappa shape index (κ2) is 167. The summed E-state index contributed by atoms with van der Waals surface area (Å²) in [7, 11) is 13.4. The summed E-state index contributed by atoms with van der Waals surface area (Å²) in [6.07, 6.45) is 0. The van der Waals surface area contributed by atoms with E-state index in [0.717, 1.165) is 32.0 Å². The Hall–Kier alpha value is 3.78. The third-order valence-corrected chi connectivity index (χ3v) is 0. The molecule has 0 N–H and O–H groups in total. The maximum absolute atomic E-state index is 8.00. The smallest absolute Gasteiger partial charge is 1.00 e. The molecule has 0 aliphatic heterocycles. The van der Waals surface area contributed by atoms with Gasteiger partial charge in [0.05, 0.1) is 0 Å². The summed E-state index contributed by atoms with van der Waals surface area (Å²) < 4.78 is 0. The molecule has 0 aromatic heterocycles. The molecule has 0 aliphatic carbocycles. The van der Waals surface area contributed by atoms with Crippen LogP contribution in [0.15, 0.2) is 32.0 Å². The molecule has 28 heteroatoms. The minimum atomic E-state index is -1.19. The Bertz CT molecular complexity index is 177. The Labute approximate surface area is 305 Å². The van der Waals surface area contributed by atoms with Crippen molar-refractivity contribution in [1.29, 1.82) is 0 Å². The zero-order chi connectivity index (χ0) is 19.8. The van der Waals surface area contributed by atoms with Gasteiger partial charge in [-0.05, 0) is 0 Å². The number of rotatable bonds is 0. The van der Waals surface area contributed by atoms with Crippen LogP contribution in [0.25, 0.3) is 0 Å². The first kappa shape index (κ1) is 85.4. The molecule has 0 rings (SSSR count). The van der Waals surface area contributed by atoms with Gasteiger partial charge in [0, 0.05) is 0 Å². The van der Waals surface area contributed by atoms with E-state index in [1.807, 2.05) is 0 Å². The molecule has 0 spiro atoms. The number of hydrogen-bond donors (Lipinski definition) is 0. The molecule has 0 atom stereocenters. The van der Waals surface area contributed by atoms with E-state index in [1.165, 1.54) is 0 Å². The van der Waals surface area contributed by atoms with Crippen LogP contribution in [0, 0.1) is 60.7 Å². The maximum atomic E-state index is 8.00. The normalized spacial score (nSPS) is 4.18. The average Bonchev–Trinajstić information content (AvgIpc) is 2.33. The number of nitrogens with zero attached hydrogens (tertiary/aromatic N) is 6. The van der Waals surface area contributed by atoms with Crippen molar-refractivity contribution in [3.05, 3.63) is 60.7 Å². The maximum Gasteiger partial charge on any atom is 1.00 e. The van der Waals surface area contributed by atoms with Gasteiger partial charge in [0.2, 0.25) is 0 Å². The Morgan fingerprint density at radius 2 is 0.393 bits per heavy atom. The first-order valence-corrected chi connectivity index (χ1v) is 6.87. The van der Waals surface area contributed by atoms with Crippen LogP contribution in [-0.4, -0.2) is 0 Å². The molecule has 0 aliphatic rings. The zero-order valence-corrected chi connectivity index (χ0v) is 30.4. The summed E-state index contributed by atoms with van der Waals surface area (Å²) in [4.78, 5) is 48.0. The Morgan fingerprint density at radius 3 is 0.393 bits per heavy atom. The molecule has 0 radical (unpaired) electrons. The molecular formula is Cl3CoN6Na6O12. The Kier molecular flexibility index (Phi) is 510. The third-order valence-electron chi connectivity index (χ3n) is 0. The molecule has 0 amide bonds. The predicted octanol–water partition coefficient (Wildman–Crippen LogP) is -14.4. The van der Waals surface area contributed by atoms with Gasteiger partial charge in [0.15, 0.2) is 0 Å². The van der Waals surface area contributed by atoms with Crippen LogP contribution in [0.1, 0.15) is 0 Å². The van der Waals surface area contributed by atoms with Gasteiger partial charge in [0.25, 0.3) is 0 Å². The molecule has 0 bridgehead atoms. The van der Waals surface area contributed by atoms with Crippen molar-refractivity contribution in [2.45, 2.75) is 0 Å². The molecule has 0 saturated heterocycles. The predicted molar refractivity (Wildman–Crippen MR) is 72.5 cm³/mol. The van der Waals surface area contributed by atoms with Crippen molar-refractivity contribution in [2.75, 3.05) is 0 Å². The van der Waals surface area contributed by atoms with Crippen LogP contribution >= 0.6 is 30.4 Å². The van der Waals surface area contributed by atoms with Crippen LogP contribution in [-0.2, 0) is 10.9 Å². The topological polar surface area (TPSA) is 315 Å². The van der Waals surface area contributed by atoms with E-state index < -0.39 is 10.9 Å². The second-order valence-corrected chi connectivity index (χ2v) is 5.75. The van der Waals surface area contributed by atoms with Gasteiger partial charge in [-0.15, -0.1) is 32.0 Å². The summed E-state index contributed by atoms with van der Waals surface area (Å²) in [6.45, 7) is 0. The van der Waals surface area contributed by atoms with Crippen molar-refractivity contribution in [3.8, 4) is 0 Å². The molecule has 0 aromatic rings. The number of halogens is 3. The van der Waals surface area contributed by atoms with Crippen molar-refractivity contribution in [2.24, 2.45) is 32.0 Å². The van der Waals surface area contributed by atoms with Crippen LogP contribution in [0.2, 0.25) is 0 Å². The van der Waals surface area contributed by atoms with E-state index in [9.17, 15) is 0 Å². The quantitative estimate of drug-likeness (QED) is 0.147. The van der Waals surface area contributed by atoms with Gasteiger partial charge in [-0.2, -0.15) is 0 Å². The van der Waals surface area contributed by atoms with E-state index in [-0.39, 0.29) is 177 Å². The molecule has 0 saturated carbocycles. The van der Waals surface area contributed by atoms with E-state index in [1.54, 1.807) is 0 Å². The van der Waals surface area contributed by atoms with Crippen molar-refractivity contribution in [3.63, 3.8) is 0 Å². The minimum Gasteiger partial charge on any atom is 1.00 e. The van der Waals surface area contributed by atoms with E-state index >= 15 is 0 Å². The first-order valence-electron chi connectivity index (χ1n) is 2.57. The summed E-state index contributed by atoms with van der Waals surface area (Å²) in [6, 6.07) is 0. The first-order chi connectivity index (χ1) is 10.2. The van der Waals surface area contributed by atoms with Gasteiger partial charge in [-0.25, -0.2) is 0 Å². The third kappa shape index (κ3) is 1730. The summed E-state index contributed by atoms with van der Waals surface area (Å²) in [5, 5.41) is 54.0. The van der Waals surface area contributed by atoms with E-state index in [2.05, 4.69) is 0 Å². The van der Waals surface area contributed by atoms with Crippen LogP contribution in [0.3, 0.4) is 0 Å². The van der Waals surface area contributed by atoms with Crippen molar-refractivity contribution in [1.82, 2.24) is 0 Å². The van der Waals surface area contributed by atoms with Gasteiger partial charge < -0.3 is 60.7 Å². The summed E-state index contributed by atoms with van der Waals surface area (Å²) in [5.41, 5.74) is 0. The Balaban J connectivity index is -0.00000000825. The van der Waals surface area contributed by atoms with E-state index in [4.69, 9.17) is 91.1 Å². The van der Waals surface area contributed by atoms with Crippen molar-refractivity contribution >= 4 is 30.4 Å². The second-order valence-electron chi connectivity index (χ2n) is 0.590. The molecule has 18 nitrogen and oxygen atoms in total. The molecule has 0 fully saturated rings. The summed E-state index contributed by atoms with van der Waals surface area (Å²) >= 11 is 0. The van der Waals surface area contributed by atoms with Crippen LogP contribution in [0.4, 0.5) is 0 Å². The molecule has 0 heterocycles. The largest absolute Gasteiger partial charge is 1.00 e. The fraction of sp³-hybridized carbons (Fsp3) is 0. The molecule has 28 heavy (non-hydrogen) atoms. The van der Waals surface area contributed by atoms with Crippen LogP contribution in [0.5, 0.6) is 0 Å². The van der Waals surface area contributed by atoms with Gasteiger partial charge in [-0.3, -0.25) is 0 Å². The molecule has 0 unspecified atom stereocenters. The summed E-state index contributed by atoms with van der Waals surface area (Å²) in [5.74, 6) is 0. The molecular weight excluding hydrogens is 579 g/mol. The standard InChI is InChI=1S/3ClH.Co.6HNO2.6Na/c;;;;6*2-1-3;;;;;;/h3*1H;;6*(H,2,3);;;;;;/q;;;+3;;;;;;;6*+1/p-9. The van der Waals surface area contributed by atoms with Crippen molar-refractivity contribution < 1.29 is 188 Å². The fourth-order valence-corrected chi connectivity index (χ4v) is 0. The monoisotopic (exact) mass is 578 g/mol. The molecule has 138 valence electrons. The van der Waals surface area contributed by atoms with Gasteiger partial charge in [0.1, 0.15) is 0 Å². The van der Waals surface area contributed by atoms with Gasteiger partial charge >= 0.3 is 219 Å². The Morgan fingerprint density at radius 1 is 0.393 bits per heavy atom. The van der Waals surface area contributed by atoms with Gasteiger partial charge in [-0.1, -0.05) is 0 Å². The van der Waals surface area contributed by atoms with E-state index in [0.29, 0.717) is 0 Å². The zero-order valence-electron chi connectivity index (χ0n) is 15.0. The van der Waals surface area contributed by atoms with Crippen LogP contribution < -0.4 is 177 Å². The average molecular weight is 579 g/mol. The minimum absolute atomic E-state index is 0. The number of hydrogen-bond acceptors (Lipinski definition) is 18. The SMILES string of the molecule is O=N[O-].O=N[O-].O=N[O-].O=N[O-].O=N[O-].O=N[O-].[Cl][Co]([Cl])[Cl].[Na+].[Na+].[Na+].[Na+].[Na+].[Na+]. The fourth-order valence-electron chi connectivity index (χ4n) is 0. The molecule has 0 aromatic carbocycles.